The van der Waals surface area contributed by atoms with Gasteiger partial charge in [-0.1, -0.05) is 12.1 Å². The first-order chi connectivity index (χ1) is 8.76. The highest BCUT2D eigenvalue weighted by atomic mass is 16.5. The molecule has 4 nitrogen and oxygen atoms in total. The summed E-state index contributed by atoms with van der Waals surface area (Å²) in [4.78, 5) is 11.0. The lowest BCUT2D eigenvalue weighted by atomic mass is 10.1. The van der Waals surface area contributed by atoms with E-state index in [4.69, 9.17) is 4.74 Å². The van der Waals surface area contributed by atoms with E-state index in [1.165, 1.54) is 18.2 Å². The van der Waals surface area contributed by atoms with E-state index in [1.807, 2.05) is 19.2 Å². The fourth-order valence-electron chi connectivity index (χ4n) is 2.40. The third-order valence-corrected chi connectivity index (χ3v) is 3.37. The minimum absolute atomic E-state index is 0.240. The Morgan fingerprint density at radius 2 is 2.33 bits per heavy atom. The standard InChI is InChI=1S/C14H19NO3/c1-15-12-7-6-11-10(12)4-3-5-13(11)18-9-8-14(16)17-2/h3-5,12,15H,6-9H2,1-2H3. The third-order valence-electron chi connectivity index (χ3n) is 3.37. The number of esters is 1. The number of nitrogens with one attached hydrogen (secondary N) is 1. The molecule has 1 aromatic rings. The molecule has 0 fully saturated rings. The van der Waals surface area contributed by atoms with Crippen molar-refractivity contribution in [2.45, 2.75) is 25.3 Å². The molecule has 4 heteroatoms. The summed E-state index contributed by atoms with van der Waals surface area (Å²) >= 11 is 0. The molecule has 0 spiro atoms. The van der Waals surface area contributed by atoms with Gasteiger partial charge < -0.3 is 14.8 Å². The highest BCUT2D eigenvalue weighted by molar-refractivity contribution is 5.69. The third kappa shape index (κ3) is 2.64. The molecular weight excluding hydrogens is 230 g/mol. The van der Waals surface area contributed by atoms with Crippen LogP contribution in [0.2, 0.25) is 0 Å². The number of carbonyl (C=O) groups is 1. The number of ether oxygens (including phenoxy) is 2. The molecule has 18 heavy (non-hydrogen) atoms. The average Bonchev–Trinajstić information content (AvgIpc) is 2.82. The average molecular weight is 249 g/mol. The SMILES string of the molecule is CNC1CCc2c(OCCC(=O)OC)cccc21. The molecule has 0 radical (unpaired) electrons. The molecule has 98 valence electrons. The summed E-state index contributed by atoms with van der Waals surface area (Å²) in [5, 5.41) is 3.30. The number of hydrogen-bond acceptors (Lipinski definition) is 4. The summed E-state index contributed by atoms with van der Waals surface area (Å²) in [5.74, 6) is 0.657. The first kappa shape index (κ1) is 12.9. The molecule has 0 saturated carbocycles. The van der Waals surface area contributed by atoms with Gasteiger partial charge >= 0.3 is 5.97 Å². The molecule has 0 aromatic heterocycles. The fraction of sp³-hybridized carbons (Fsp3) is 0.500. The quantitative estimate of drug-likeness (QED) is 0.809. The largest absolute Gasteiger partial charge is 0.493 e. The van der Waals surface area contributed by atoms with Gasteiger partial charge in [0.1, 0.15) is 5.75 Å². The van der Waals surface area contributed by atoms with Crippen molar-refractivity contribution in [3.63, 3.8) is 0 Å². The Bertz CT molecular complexity index is 431. The van der Waals surface area contributed by atoms with Gasteiger partial charge in [0.05, 0.1) is 20.1 Å². The zero-order valence-corrected chi connectivity index (χ0v) is 10.9. The van der Waals surface area contributed by atoms with Crippen LogP contribution in [0.1, 0.15) is 30.0 Å². The maximum absolute atomic E-state index is 11.0. The van der Waals surface area contributed by atoms with Crippen LogP contribution in [0, 0.1) is 0 Å². The molecule has 1 N–H and O–H groups in total. The van der Waals surface area contributed by atoms with Crippen LogP contribution in [-0.2, 0) is 16.0 Å². The van der Waals surface area contributed by atoms with Gasteiger partial charge in [0.2, 0.25) is 0 Å². The van der Waals surface area contributed by atoms with Crippen LogP contribution in [-0.4, -0.2) is 26.7 Å². The van der Waals surface area contributed by atoms with E-state index in [-0.39, 0.29) is 12.4 Å². The van der Waals surface area contributed by atoms with Gasteiger partial charge in [-0.15, -0.1) is 0 Å². The van der Waals surface area contributed by atoms with Gasteiger partial charge in [-0.2, -0.15) is 0 Å². The lowest BCUT2D eigenvalue weighted by Gasteiger charge is -2.12. The summed E-state index contributed by atoms with van der Waals surface area (Å²) in [6.45, 7) is 0.368. The minimum atomic E-state index is -0.240. The Kier molecular flexibility index (Phi) is 4.20. The van der Waals surface area contributed by atoms with Gasteiger partial charge in [-0.3, -0.25) is 4.79 Å². The summed E-state index contributed by atoms with van der Waals surface area (Å²) < 4.78 is 10.3. The van der Waals surface area contributed by atoms with Crippen molar-refractivity contribution in [1.29, 1.82) is 0 Å². The monoisotopic (exact) mass is 249 g/mol. The maximum Gasteiger partial charge on any atom is 0.308 e. The molecule has 0 heterocycles. The van der Waals surface area contributed by atoms with Crippen LogP contribution < -0.4 is 10.1 Å². The highest BCUT2D eigenvalue weighted by Crippen LogP contribution is 2.36. The minimum Gasteiger partial charge on any atom is -0.493 e. The zero-order valence-electron chi connectivity index (χ0n) is 10.9. The van der Waals surface area contributed by atoms with Crippen molar-refractivity contribution >= 4 is 5.97 Å². The van der Waals surface area contributed by atoms with Crippen LogP contribution in [0.3, 0.4) is 0 Å². The number of methoxy groups -OCH3 is 1. The summed E-state index contributed by atoms with van der Waals surface area (Å²) in [7, 11) is 3.37. The van der Waals surface area contributed by atoms with Crippen LogP contribution in [0.5, 0.6) is 5.75 Å². The van der Waals surface area contributed by atoms with Crippen molar-refractivity contribution in [3.05, 3.63) is 29.3 Å². The topological polar surface area (TPSA) is 47.6 Å². The van der Waals surface area contributed by atoms with E-state index in [9.17, 15) is 4.79 Å². The number of hydrogen-bond donors (Lipinski definition) is 1. The van der Waals surface area contributed by atoms with Gasteiger partial charge in [-0.05, 0) is 37.1 Å². The lowest BCUT2D eigenvalue weighted by Crippen LogP contribution is -2.12. The number of fused-ring (bicyclic) bond motifs is 1. The number of rotatable bonds is 5. The molecule has 1 atom stereocenters. The summed E-state index contributed by atoms with van der Waals surface area (Å²) in [6.07, 6.45) is 2.41. The van der Waals surface area contributed by atoms with E-state index in [0.717, 1.165) is 18.6 Å². The molecule has 1 aliphatic rings. The first-order valence-electron chi connectivity index (χ1n) is 6.25. The summed E-state index contributed by atoms with van der Waals surface area (Å²) in [5.41, 5.74) is 2.58. The Hall–Kier alpha value is -1.55. The van der Waals surface area contributed by atoms with E-state index in [2.05, 4.69) is 16.1 Å². The molecule has 2 rings (SSSR count). The van der Waals surface area contributed by atoms with Gasteiger partial charge in [0.25, 0.3) is 0 Å². The number of carbonyl (C=O) groups excluding carboxylic acids is 1. The van der Waals surface area contributed by atoms with Crippen molar-refractivity contribution in [1.82, 2.24) is 5.32 Å². The van der Waals surface area contributed by atoms with E-state index < -0.39 is 0 Å². The van der Waals surface area contributed by atoms with E-state index in [1.54, 1.807) is 0 Å². The Morgan fingerprint density at radius 3 is 3.06 bits per heavy atom. The van der Waals surface area contributed by atoms with Crippen molar-refractivity contribution in [2.24, 2.45) is 0 Å². The molecule has 0 amide bonds. The molecule has 1 aliphatic carbocycles. The normalized spacial score (nSPS) is 17.3. The second kappa shape index (κ2) is 5.87. The second-order valence-corrected chi connectivity index (χ2v) is 4.38. The maximum atomic E-state index is 11.0. The lowest BCUT2D eigenvalue weighted by molar-refractivity contribution is -0.141. The Labute approximate surface area is 107 Å². The van der Waals surface area contributed by atoms with E-state index >= 15 is 0 Å². The van der Waals surface area contributed by atoms with Crippen LogP contribution >= 0.6 is 0 Å². The van der Waals surface area contributed by atoms with Crippen LogP contribution in [0.15, 0.2) is 18.2 Å². The van der Waals surface area contributed by atoms with Crippen molar-refractivity contribution in [2.75, 3.05) is 20.8 Å². The van der Waals surface area contributed by atoms with Crippen LogP contribution in [0.25, 0.3) is 0 Å². The predicted molar refractivity (Wildman–Crippen MR) is 68.7 cm³/mol. The first-order valence-corrected chi connectivity index (χ1v) is 6.25. The summed E-state index contributed by atoms with van der Waals surface area (Å²) in [6, 6.07) is 6.52. The Balaban J connectivity index is 2.02. The number of benzene rings is 1. The van der Waals surface area contributed by atoms with Crippen molar-refractivity contribution < 1.29 is 14.3 Å². The molecular formula is C14H19NO3. The molecule has 0 aliphatic heterocycles. The van der Waals surface area contributed by atoms with Crippen LogP contribution in [0.4, 0.5) is 0 Å². The fourth-order valence-corrected chi connectivity index (χ4v) is 2.40. The molecule has 1 unspecified atom stereocenters. The van der Waals surface area contributed by atoms with Crippen molar-refractivity contribution in [3.8, 4) is 5.75 Å². The van der Waals surface area contributed by atoms with Gasteiger partial charge in [0.15, 0.2) is 0 Å². The van der Waals surface area contributed by atoms with Gasteiger partial charge in [-0.25, -0.2) is 0 Å². The molecule has 0 bridgehead atoms. The smallest absolute Gasteiger partial charge is 0.308 e. The second-order valence-electron chi connectivity index (χ2n) is 4.38. The molecule has 1 aromatic carbocycles. The predicted octanol–water partition coefficient (Wildman–Crippen LogP) is 1.84. The van der Waals surface area contributed by atoms with Gasteiger partial charge in [0, 0.05) is 6.04 Å². The Morgan fingerprint density at radius 1 is 1.50 bits per heavy atom. The zero-order chi connectivity index (χ0) is 13.0. The van der Waals surface area contributed by atoms with E-state index in [0.29, 0.717) is 12.6 Å². The molecule has 0 saturated heterocycles. The highest BCUT2D eigenvalue weighted by Gasteiger charge is 2.23.